The molecule has 0 rings (SSSR count). The highest BCUT2D eigenvalue weighted by molar-refractivity contribution is 5.79. The van der Waals surface area contributed by atoms with Crippen LogP contribution in [0.1, 0.15) is 26.7 Å². The zero-order valence-corrected chi connectivity index (χ0v) is 11.4. The van der Waals surface area contributed by atoms with Crippen molar-refractivity contribution < 1.29 is 19.4 Å². The van der Waals surface area contributed by atoms with Crippen LogP contribution in [0.25, 0.3) is 0 Å². The van der Waals surface area contributed by atoms with E-state index >= 15 is 0 Å². The van der Waals surface area contributed by atoms with Crippen molar-refractivity contribution in [3.63, 3.8) is 0 Å². The molecule has 0 radical (unpaired) electrons. The Kier molecular flexibility index (Phi) is 9.22. The Bertz CT molecular complexity index is 258. The summed E-state index contributed by atoms with van der Waals surface area (Å²) in [5, 5.41) is 11.5. The van der Waals surface area contributed by atoms with E-state index in [1.165, 1.54) is 0 Å². The Labute approximate surface area is 108 Å². The zero-order valence-electron chi connectivity index (χ0n) is 11.4. The molecule has 0 saturated heterocycles. The van der Waals surface area contributed by atoms with Gasteiger partial charge in [-0.05, 0) is 19.8 Å². The number of carbonyl (C=O) groups excluding carboxylic acids is 1. The number of carbonyl (C=O) groups is 2. The highest BCUT2D eigenvalue weighted by Gasteiger charge is 2.18. The summed E-state index contributed by atoms with van der Waals surface area (Å²) in [7, 11) is 1.61. The van der Waals surface area contributed by atoms with Crippen LogP contribution >= 0.6 is 0 Å². The Morgan fingerprint density at radius 1 is 1.39 bits per heavy atom. The molecular weight excluding hydrogens is 236 g/mol. The number of rotatable bonds is 10. The fourth-order valence-electron chi connectivity index (χ4n) is 1.48. The lowest BCUT2D eigenvalue weighted by molar-refractivity contribution is -0.139. The molecular formula is C12H24N2O4. The first-order valence-corrected chi connectivity index (χ1v) is 6.22. The number of hydrogen-bond donors (Lipinski definition) is 2. The Balaban J connectivity index is 4.06. The van der Waals surface area contributed by atoms with Crippen LogP contribution in [-0.2, 0) is 14.3 Å². The zero-order chi connectivity index (χ0) is 14.0. The molecule has 0 heterocycles. The van der Waals surface area contributed by atoms with E-state index < -0.39 is 5.97 Å². The van der Waals surface area contributed by atoms with Crippen molar-refractivity contribution in [1.82, 2.24) is 10.2 Å². The summed E-state index contributed by atoms with van der Waals surface area (Å²) in [6, 6.07) is 0.0748. The van der Waals surface area contributed by atoms with Crippen molar-refractivity contribution in [2.45, 2.75) is 32.7 Å². The van der Waals surface area contributed by atoms with E-state index in [9.17, 15) is 9.59 Å². The third kappa shape index (κ3) is 8.03. The summed E-state index contributed by atoms with van der Waals surface area (Å²) in [4.78, 5) is 24.0. The van der Waals surface area contributed by atoms with Gasteiger partial charge in [-0.2, -0.15) is 0 Å². The molecule has 0 bridgehead atoms. The van der Waals surface area contributed by atoms with Crippen molar-refractivity contribution in [1.29, 1.82) is 0 Å². The van der Waals surface area contributed by atoms with Gasteiger partial charge >= 0.3 is 5.97 Å². The van der Waals surface area contributed by atoms with Gasteiger partial charge in [0.2, 0.25) is 5.91 Å². The van der Waals surface area contributed by atoms with Crippen molar-refractivity contribution in [2.75, 3.05) is 33.4 Å². The van der Waals surface area contributed by atoms with Crippen LogP contribution in [0.4, 0.5) is 0 Å². The maximum atomic E-state index is 11.6. The van der Waals surface area contributed by atoms with Crippen LogP contribution in [0.5, 0.6) is 0 Å². The second kappa shape index (κ2) is 9.85. The quantitative estimate of drug-likeness (QED) is 0.553. The van der Waals surface area contributed by atoms with Gasteiger partial charge in [0.25, 0.3) is 0 Å². The van der Waals surface area contributed by atoms with Crippen LogP contribution in [0.3, 0.4) is 0 Å². The smallest absolute Gasteiger partial charge is 0.317 e. The molecule has 2 N–H and O–H groups in total. The van der Waals surface area contributed by atoms with E-state index in [0.29, 0.717) is 13.2 Å². The Morgan fingerprint density at radius 2 is 2.06 bits per heavy atom. The maximum Gasteiger partial charge on any atom is 0.317 e. The van der Waals surface area contributed by atoms with Crippen LogP contribution < -0.4 is 5.32 Å². The average Bonchev–Trinajstić information content (AvgIpc) is 2.32. The van der Waals surface area contributed by atoms with Gasteiger partial charge in [0.1, 0.15) is 0 Å². The summed E-state index contributed by atoms with van der Waals surface area (Å²) in [5.74, 6) is -1.06. The van der Waals surface area contributed by atoms with E-state index in [1.807, 2.05) is 13.8 Å². The minimum atomic E-state index is -0.914. The fraction of sp³-hybridized carbons (Fsp3) is 0.833. The highest BCUT2D eigenvalue weighted by atomic mass is 16.5. The van der Waals surface area contributed by atoms with Gasteiger partial charge in [0.15, 0.2) is 0 Å². The van der Waals surface area contributed by atoms with Gasteiger partial charge in [-0.15, -0.1) is 0 Å². The second-order valence-electron chi connectivity index (χ2n) is 4.25. The topological polar surface area (TPSA) is 78.9 Å². The molecule has 0 aromatic carbocycles. The molecule has 6 nitrogen and oxygen atoms in total. The molecule has 0 saturated carbocycles. The second-order valence-corrected chi connectivity index (χ2v) is 4.25. The van der Waals surface area contributed by atoms with Gasteiger partial charge in [0.05, 0.1) is 13.1 Å². The van der Waals surface area contributed by atoms with E-state index in [0.717, 1.165) is 12.8 Å². The Hall–Kier alpha value is -1.14. The molecule has 0 spiro atoms. The van der Waals surface area contributed by atoms with Crippen molar-refractivity contribution in [2.24, 2.45) is 0 Å². The number of amides is 1. The van der Waals surface area contributed by atoms with E-state index in [2.05, 4.69) is 5.32 Å². The van der Waals surface area contributed by atoms with E-state index in [-0.39, 0.29) is 25.0 Å². The van der Waals surface area contributed by atoms with Crippen molar-refractivity contribution in [3.8, 4) is 0 Å². The molecule has 1 amide bonds. The molecule has 0 fully saturated rings. The number of hydrogen-bond acceptors (Lipinski definition) is 4. The monoisotopic (exact) mass is 260 g/mol. The molecule has 1 atom stereocenters. The van der Waals surface area contributed by atoms with Crippen molar-refractivity contribution >= 4 is 11.9 Å². The first kappa shape index (κ1) is 16.9. The first-order chi connectivity index (χ1) is 8.51. The molecule has 1 unspecified atom stereocenters. The van der Waals surface area contributed by atoms with Gasteiger partial charge in [0, 0.05) is 26.3 Å². The normalized spacial score (nSPS) is 12.4. The van der Waals surface area contributed by atoms with Gasteiger partial charge in [-0.1, -0.05) is 6.92 Å². The SMILES string of the molecule is CCC(C)N(CC(=O)O)CC(=O)NCCCOC. The molecule has 6 heteroatoms. The van der Waals surface area contributed by atoms with Gasteiger partial charge in [-0.25, -0.2) is 0 Å². The van der Waals surface area contributed by atoms with Crippen LogP contribution in [0.2, 0.25) is 0 Å². The van der Waals surface area contributed by atoms with E-state index in [1.54, 1.807) is 12.0 Å². The fourth-order valence-corrected chi connectivity index (χ4v) is 1.48. The lowest BCUT2D eigenvalue weighted by Crippen LogP contribution is -2.44. The minimum absolute atomic E-state index is 0.0748. The predicted molar refractivity (Wildman–Crippen MR) is 68.5 cm³/mol. The number of methoxy groups -OCH3 is 1. The molecule has 18 heavy (non-hydrogen) atoms. The molecule has 0 aromatic heterocycles. The van der Waals surface area contributed by atoms with Crippen LogP contribution in [0, 0.1) is 0 Å². The summed E-state index contributed by atoms with van der Waals surface area (Å²) >= 11 is 0. The number of nitrogens with one attached hydrogen (secondary N) is 1. The summed E-state index contributed by atoms with van der Waals surface area (Å²) < 4.78 is 4.87. The number of carboxylic acids is 1. The highest BCUT2D eigenvalue weighted by Crippen LogP contribution is 2.02. The predicted octanol–water partition coefficient (Wildman–Crippen LogP) is 0.324. The summed E-state index contributed by atoms with van der Waals surface area (Å²) in [6.45, 7) is 5.05. The summed E-state index contributed by atoms with van der Waals surface area (Å²) in [6.07, 6.45) is 1.56. The first-order valence-electron chi connectivity index (χ1n) is 6.22. The number of nitrogens with zero attached hydrogens (tertiary/aromatic N) is 1. The van der Waals surface area contributed by atoms with Gasteiger partial charge < -0.3 is 15.2 Å². The third-order valence-corrected chi connectivity index (χ3v) is 2.75. The molecule has 0 aliphatic heterocycles. The van der Waals surface area contributed by atoms with Crippen molar-refractivity contribution in [3.05, 3.63) is 0 Å². The van der Waals surface area contributed by atoms with Crippen LogP contribution in [0.15, 0.2) is 0 Å². The van der Waals surface area contributed by atoms with Crippen LogP contribution in [-0.4, -0.2) is 61.3 Å². The largest absolute Gasteiger partial charge is 0.480 e. The van der Waals surface area contributed by atoms with E-state index in [4.69, 9.17) is 9.84 Å². The molecule has 106 valence electrons. The molecule has 0 aliphatic rings. The number of aliphatic carboxylic acids is 1. The Morgan fingerprint density at radius 3 is 2.56 bits per heavy atom. The third-order valence-electron chi connectivity index (χ3n) is 2.75. The maximum absolute atomic E-state index is 11.6. The minimum Gasteiger partial charge on any atom is -0.480 e. The number of ether oxygens (including phenoxy) is 1. The average molecular weight is 260 g/mol. The lowest BCUT2D eigenvalue weighted by atomic mass is 10.2. The number of carboxylic acid groups (broad SMARTS) is 1. The lowest BCUT2D eigenvalue weighted by Gasteiger charge is -2.25. The molecule has 0 aliphatic carbocycles. The molecule has 0 aromatic rings. The summed E-state index contributed by atoms with van der Waals surface area (Å²) in [5.41, 5.74) is 0. The standard InChI is InChI=1S/C12H24N2O4/c1-4-10(2)14(9-12(16)17)8-11(15)13-6-5-7-18-3/h10H,4-9H2,1-3H3,(H,13,15)(H,16,17). The van der Waals surface area contributed by atoms with Gasteiger partial charge in [-0.3, -0.25) is 14.5 Å².